The molecule has 2 rings (SSSR count). The van der Waals surface area contributed by atoms with Crippen molar-refractivity contribution in [3.63, 3.8) is 0 Å². The molecule has 0 radical (unpaired) electrons. The topological polar surface area (TPSA) is 85.2 Å². The van der Waals surface area contributed by atoms with Crippen molar-refractivity contribution in [2.45, 2.75) is 6.54 Å². The van der Waals surface area contributed by atoms with E-state index in [-0.39, 0.29) is 36.2 Å². The van der Waals surface area contributed by atoms with Gasteiger partial charge in [0.25, 0.3) is 5.91 Å². The van der Waals surface area contributed by atoms with Crippen LogP contribution in [0, 0.1) is 17.1 Å². The highest BCUT2D eigenvalue weighted by molar-refractivity contribution is 6.34. The predicted octanol–water partition coefficient (Wildman–Crippen LogP) is 2.68. The van der Waals surface area contributed by atoms with Crippen LogP contribution in [0.4, 0.5) is 10.1 Å². The molecule has 0 aliphatic carbocycles. The number of nitriles is 1. The van der Waals surface area contributed by atoms with Crippen LogP contribution in [0.15, 0.2) is 36.4 Å². The average molecular weight is 348 g/mol. The molecule has 0 fully saturated rings. The number of halogens is 2. The molecule has 3 N–H and O–H groups in total. The molecule has 124 valence electrons. The van der Waals surface area contributed by atoms with Crippen LogP contribution >= 0.6 is 11.6 Å². The van der Waals surface area contributed by atoms with Gasteiger partial charge in [0.2, 0.25) is 0 Å². The first-order valence-corrected chi connectivity index (χ1v) is 7.54. The number of aliphatic hydroxyl groups is 1. The highest BCUT2D eigenvalue weighted by atomic mass is 35.5. The molecule has 0 aliphatic rings. The summed E-state index contributed by atoms with van der Waals surface area (Å²) in [4.78, 5) is 11.8. The zero-order valence-electron chi connectivity index (χ0n) is 12.6. The fourth-order valence-corrected chi connectivity index (χ4v) is 2.32. The number of benzene rings is 2. The van der Waals surface area contributed by atoms with Crippen molar-refractivity contribution >= 4 is 23.2 Å². The maximum absolute atomic E-state index is 13.7. The Balaban J connectivity index is 2.08. The van der Waals surface area contributed by atoms with Gasteiger partial charge in [-0.05, 0) is 36.4 Å². The Morgan fingerprint density at radius 1 is 1.29 bits per heavy atom. The molecule has 5 nitrogen and oxygen atoms in total. The molecule has 24 heavy (non-hydrogen) atoms. The van der Waals surface area contributed by atoms with Gasteiger partial charge in [0.1, 0.15) is 5.82 Å². The summed E-state index contributed by atoms with van der Waals surface area (Å²) in [5, 5.41) is 23.3. The Morgan fingerprint density at radius 2 is 2.08 bits per heavy atom. The molecule has 0 atom stereocenters. The molecule has 0 aromatic heterocycles. The van der Waals surface area contributed by atoms with Crippen molar-refractivity contribution < 1.29 is 14.3 Å². The first-order valence-electron chi connectivity index (χ1n) is 7.16. The SMILES string of the molecule is N#Cc1ccc(F)c(CNc2ccc(C(=O)NCCO)c(Cl)c2)c1. The molecule has 0 saturated heterocycles. The smallest absolute Gasteiger partial charge is 0.252 e. The predicted molar refractivity (Wildman–Crippen MR) is 89.3 cm³/mol. The third-order valence-corrected chi connectivity index (χ3v) is 3.58. The average Bonchev–Trinajstić information content (AvgIpc) is 2.59. The first kappa shape index (κ1) is 17.7. The lowest BCUT2D eigenvalue weighted by molar-refractivity contribution is 0.0945. The van der Waals surface area contributed by atoms with E-state index in [9.17, 15) is 9.18 Å². The zero-order chi connectivity index (χ0) is 17.5. The fraction of sp³-hybridized carbons (Fsp3) is 0.176. The van der Waals surface area contributed by atoms with E-state index in [0.717, 1.165) is 0 Å². The van der Waals surface area contributed by atoms with E-state index in [1.165, 1.54) is 18.2 Å². The van der Waals surface area contributed by atoms with E-state index in [4.69, 9.17) is 22.0 Å². The Kier molecular flexibility index (Phi) is 6.13. The molecule has 7 heteroatoms. The zero-order valence-corrected chi connectivity index (χ0v) is 13.4. The van der Waals surface area contributed by atoms with E-state index < -0.39 is 5.82 Å². The van der Waals surface area contributed by atoms with Crippen LogP contribution in [0.1, 0.15) is 21.5 Å². The number of aliphatic hydroxyl groups excluding tert-OH is 1. The summed E-state index contributed by atoms with van der Waals surface area (Å²) in [6.45, 7) is 0.160. The largest absolute Gasteiger partial charge is 0.395 e. The number of hydrogen-bond acceptors (Lipinski definition) is 4. The molecule has 0 saturated carbocycles. The molecule has 0 spiro atoms. The van der Waals surface area contributed by atoms with E-state index in [1.807, 2.05) is 6.07 Å². The second kappa shape index (κ2) is 8.29. The summed E-state index contributed by atoms with van der Waals surface area (Å²) in [6.07, 6.45) is 0. The monoisotopic (exact) mass is 347 g/mol. The third-order valence-electron chi connectivity index (χ3n) is 3.27. The van der Waals surface area contributed by atoms with Gasteiger partial charge in [-0.3, -0.25) is 4.79 Å². The molecule has 1 amide bonds. The van der Waals surface area contributed by atoms with Gasteiger partial charge in [-0.2, -0.15) is 5.26 Å². The lowest BCUT2D eigenvalue weighted by Gasteiger charge is -2.10. The van der Waals surface area contributed by atoms with Crippen molar-refractivity contribution in [2.24, 2.45) is 0 Å². The minimum atomic E-state index is -0.410. The van der Waals surface area contributed by atoms with Gasteiger partial charge in [-0.15, -0.1) is 0 Å². The molecule has 0 bridgehead atoms. The number of rotatable bonds is 6. The second-order valence-electron chi connectivity index (χ2n) is 4.95. The number of carbonyl (C=O) groups is 1. The summed E-state index contributed by atoms with van der Waals surface area (Å²) in [5.41, 5.74) is 1.63. The maximum atomic E-state index is 13.7. The normalized spacial score (nSPS) is 10.1. The van der Waals surface area contributed by atoms with E-state index >= 15 is 0 Å². The number of nitrogens with zero attached hydrogens (tertiary/aromatic N) is 1. The van der Waals surface area contributed by atoms with Gasteiger partial charge in [0.15, 0.2) is 0 Å². The van der Waals surface area contributed by atoms with Crippen molar-refractivity contribution in [3.05, 3.63) is 63.9 Å². The van der Waals surface area contributed by atoms with E-state index in [2.05, 4.69) is 10.6 Å². The van der Waals surface area contributed by atoms with Gasteiger partial charge in [-0.25, -0.2) is 4.39 Å². The molecular formula is C17H15ClFN3O2. The first-order chi connectivity index (χ1) is 11.5. The van der Waals surface area contributed by atoms with Gasteiger partial charge in [0.05, 0.1) is 28.8 Å². The standard InChI is InChI=1S/C17H15ClFN3O2/c18-15-8-13(2-3-14(15)17(24)21-5-6-23)22-10-12-7-11(9-20)1-4-16(12)19/h1-4,7-8,22-23H,5-6,10H2,(H,21,24). The lowest BCUT2D eigenvalue weighted by Crippen LogP contribution is -2.26. The number of hydrogen-bond donors (Lipinski definition) is 3. The number of anilines is 1. The van der Waals surface area contributed by atoms with Crippen LogP contribution in [-0.4, -0.2) is 24.2 Å². The quantitative estimate of drug-likeness (QED) is 0.750. The number of nitrogens with one attached hydrogen (secondary N) is 2. The van der Waals surface area contributed by atoms with Crippen LogP contribution in [0.2, 0.25) is 5.02 Å². The highest BCUT2D eigenvalue weighted by Crippen LogP contribution is 2.22. The van der Waals surface area contributed by atoms with Crippen LogP contribution in [0.5, 0.6) is 0 Å². The Labute approximate surface area is 143 Å². The molecule has 0 aliphatic heterocycles. The van der Waals surface area contributed by atoms with Gasteiger partial charge >= 0.3 is 0 Å². The summed E-state index contributed by atoms with van der Waals surface area (Å²) in [5.74, 6) is -0.791. The molecule has 2 aromatic rings. The third kappa shape index (κ3) is 4.44. The summed E-state index contributed by atoms with van der Waals surface area (Å²) >= 11 is 6.08. The molecule has 2 aromatic carbocycles. The molecule has 0 heterocycles. The maximum Gasteiger partial charge on any atom is 0.252 e. The minimum Gasteiger partial charge on any atom is -0.395 e. The van der Waals surface area contributed by atoms with Gasteiger partial charge in [0, 0.05) is 24.3 Å². The van der Waals surface area contributed by atoms with Crippen LogP contribution in [0.3, 0.4) is 0 Å². The molecular weight excluding hydrogens is 333 g/mol. The number of carbonyl (C=O) groups excluding carboxylic acids is 1. The second-order valence-corrected chi connectivity index (χ2v) is 5.35. The Morgan fingerprint density at radius 3 is 2.75 bits per heavy atom. The Hall–Kier alpha value is -2.62. The lowest BCUT2D eigenvalue weighted by atomic mass is 10.1. The van der Waals surface area contributed by atoms with Crippen molar-refractivity contribution in [1.29, 1.82) is 5.26 Å². The minimum absolute atomic E-state index is 0.143. The fourth-order valence-electron chi connectivity index (χ4n) is 2.05. The molecule has 0 unspecified atom stereocenters. The Bertz CT molecular complexity index is 790. The summed E-state index contributed by atoms with van der Waals surface area (Å²) in [6, 6.07) is 10.8. The van der Waals surface area contributed by atoms with E-state index in [0.29, 0.717) is 16.8 Å². The van der Waals surface area contributed by atoms with Crippen LogP contribution in [0.25, 0.3) is 0 Å². The van der Waals surface area contributed by atoms with E-state index in [1.54, 1.807) is 18.2 Å². The van der Waals surface area contributed by atoms with Crippen LogP contribution < -0.4 is 10.6 Å². The highest BCUT2D eigenvalue weighted by Gasteiger charge is 2.10. The van der Waals surface area contributed by atoms with Crippen molar-refractivity contribution in [1.82, 2.24) is 5.32 Å². The van der Waals surface area contributed by atoms with Gasteiger partial charge < -0.3 is 15.7 Å². The van der Waals surface area contributed by atoms with Crippen molar-refractivity contribution in [3.8, 4) is 6.07 Å². The van der Waals surface area contributed by atoms with Crippen LogP contribution in [-0.2, 0) is 6.54 Å². The summed E-state index contributed by atoms with van der Waals surface area (Å²) < 4.78 is 13.7. The summed E-state index contributed by atoms with van der Waals surface area (Å²) in [7, 11) is 0. The van der Waals surface area contributed by atoms with Crippen molar-refractivity contribution in [2.75, 3.05) is 18.5 Å². The number of amides is 1. The van der Waals surface area contributed by atoms with Gasteiger partial charge in [-0.1, -0.05) is 11.6 Å².